The molecule has 0 saturated heterocycles. The summed E-state index contributed by atoms with van der Waals surface area (Å²) in [5.74, 6) is 0.597. The number of halogens is 1. The van der Waals surface area contributed by atoms with E-state index < -0.39 is 0 Å². The van der Waals surface area contributed by atoms with Crippen LogP contribution in [0.3, 0.4) is 0 Å². The molecule has 0 unspecified atom stereocenters. The topological polar surface area (TPSA) is 53.6 Å². The van der Waals surface area contributed by atoms with Crippen molar-refractivity contribution in [2.45, 2.75) is 38.4 Å². The van der Waals surface area contributed by atoms with E-state index in [0.717, 1.165) is 32.6 Å². The summed E-state index contributed by atoms with van der Waals surface area (Å²) in [7, 11) is 0. The van der Waals surface area contributed by atoms with Gasteiger partial charge >= 0.3 is 0 Å². The second kappa shape index (κ2) is 11.2. The Bertz CT molecular complexity index is 615. The number of aliphatic imine (C=N–C) groups is 1. The van der Waals surface area contributed by atoms with Gasteiger partial charge in [-0.25, -0.2) is 0 Å². The van der Waals surface area contributed by atoms with Crippen molar-refractivity contribution in [2.75, 3.05) is 13.1 Å². The normalized spacial score (nSPS) is 14.1. The van der Waals surface area contributed by atoms with Crippen LogP contribution in [0.5, 0.6) is 0 Å². The van der Waals surface area contributed by atoms with Gasteiger partial charge in [0.15, 0.2) is 5.96 Å². The van der Waals surface area contributed by atoms with Crippen molar-refractivity contribution in [3.63, 3.8) is 0 Å². The van der Waals surface area contributed by atoms with Crippen LogP contribution in [0.2, 0.25) is 0 Å². The number of nitrogens with one attached hydrogen (secondary N) is 1. The average Bonchev–Trinajstić information content (AvgIpc) is 3.44. The molecule has 0 radical (unpaired) electrons. The Labute approximate surface area is 173 Å². The van der Waals surface area contributed by atoms with Crippen molar-refractivity contribution in [2.24, 2.45) is 10.7 Å². The molecule has 26 heavy (non-hydrogen) atoms. The van der Waals surface area contributed by atoms with Crippen molar-refractivity contribution in [3.05, 3.63) is 71.8 Å². The van der Waals surface area contributed by atoms with Gasteiger partial charge in [-0.15, -0.1) is 24.0 Å². The zero-order chi connectivity index (χ0) is 17.3. The molecule has 0 aromatic heterocycles. The van der Waals surface area contributed by atoms with E-state index in [9.17, 15) is 0 Å². The third kappa shape index (κ3) is 7.74. The number of hydrogen-bond acceptors (Lipinski definition) is 2. The lowest BCUT2D eigenvalue weighted by Gasteiger charge is -2.22. The first-order valence-electron chi connectivity index (χ1n) is 9.16. The van der Waals surface area contributed by atoms with Crippen molar-refractivity contribution in [3.8, 4) is 0 Å². The van der Waals surface area contributed by atoms with Gasteiger partial charge in [0.1, 0.15) is 0 Å². The van der Waals surface area contributed by atoms with Crippen LogP contribution >= 0.6 is 24.0 Å². The summed E-state index contributed by atoms with van der Waals surface area (Å²) in [6.45, 7) is 3.68. The number of hydrogen-bond donors (Lipinski definition) is 2. The molecule has 0 spiro atoms. The highest BCUT2D eigenvalue weighted by atomic mass is 127. The molecule has 5 heteroatoms. The summed E-state index contributed by atoms with van der Waals surface area (Å²) in [6.07, 6.45) is 3.45. The molecule has 2 aromatic rings. The van der Waals surface area contributed by atoms with Crippen molar-refractivity contribution < 1.29 is 0 Å². The molecule has 140 valence electrons. The molecule has 0 bridgehead atoms. The van der Waals surface area contributed by atoms with E-state index in [1.54, 1.807) is 0 Å². The minimum atomic E-state index is 0. The Kier molecular flexibility index (Phi) is 8.91. The van der Waals surface area contributed by atoms with Crippen LogP contribution in [-0.4, -0.2) is 30.0 Å². The van der Waals surface area contributed by atoms with Gasteiger partial charge in [0.2, 0.25) is 0 Å². The second-order valence-corrected chi connectivity index (χ2v) is 6.72. The van der Waals surface area contributed by atoms with Gasteiger partial charge in [-0.05, 0) is 30.4 Å². The van der Waals surface area contributed by atoms with Gasteiger partial charge in [-0.1, -0.05) is 60.7 Å². The quantitative estimate of drug-likeness (QED) is 0.257. The fourth-order valence-electron chi connectivity index (χ4n) is 2.87. The van der Waals surface area contributed by atoms with E-state index in [-0.39, 0.29) is 24.0 Å². The molecule has 3 N–H and O–H groups in total. The highest BCUT2D eigenvalue weighted by molar-refractivity contribution is 14.0. The zero-order valence-electron chi connectivity index (χ0n) is 15.2. The van der Waals surface area contributed by atoms with Crippen LogP contribution in [0.15, 0.2) is 65.7 Å². The summed E-state index contributed by atoms with van der Waals surface area (Å²) in [6, 6.07) is 21.9. The minimum Gasteiger partial charge on any atom is -0.370 e. The molecular weight excluding hydrogens is 435 g/mol. The van der Waals surface area contributed by atoms with Gasteiger partial charge in [0.05, 0.1) is 0 Å². The standard InChI is InChI=1S/C21H28N4.HI/c22-21(24-20-12-13-20)23-14-7-15-25(16-18-8-3-1-4-9-18)17-19-10-5-2-6-11-19;/h1-6,8-11,20H,7,12-17H2,(H3,22,23,24);1H. The van der Waals surface area contributed by atoms with Crippen LogP contribution in [0.25, 0.3) is 0 Å². The van der Waals surface area contributed by atoms with E-state index in [0.29, 0.717) is 12.0 Å². The Balaban J connectivity index is 0.00000243. The van der Waals surface area contributed by atoms with Crippen LogP contribution < -0.4 is 11.1 Å². The Morgan fingerprint density at radius 1 is 0.962 bits per heavy atom. The number of rotatable bonds is 9. The minimum absolute atomic E-state index is 0. The first-order valence-corrected chi connectivity index (χ1v) is 9.16. The Hall–Kier alpha value is -1.60. The molecule has 1 aliphatic carbocycles. The van der Waals surface area contributed by atoms with Crippen molar-refractivity contribution in [1.82, 2.24) is 10.2 Å². The first-order chi connectivity index (χ1) is 12.3. The molecule has 1 fully saturated rings. The molecule has 2 aromatic carbocycles. The summed E-state index contributed by atoms with van der Waals surface area (Å²) in [5.41, 5.74) is 8.59. The van der Waals surface area contributed by atoms with Gasteiger partial charge < -0.3 is 11.1 Å². The highest BCUT2D eigenvalue weighted by Gasteiger charge is 2.21. The monoisotopic (exact) mass is 464 g/mol. The molecule has 4 nitrogen and oxygen atoms in total. The molecule has 0 aliphatic heterocycles. The number of benzene rings is 2. The first kappa shape index (κ1) is 20.7. The smallest absolute Gasteiger partial charge is 0.188 e. The van der Waals surface area contributed by atoms with Gasteiger partial charge in [-0.2, -0.15) is 0 Å². The van der Waals surface area contributed by atoms with Crippen LogP contribution in [0.4, 0.5) is 0 Å². The molecule has 1 aliphatic rings. The lowest BCUT2D eigenvalue weighted by molar-refractivity contribution is 0.255. The van der Waals surface area contributed by atoms with Crippen LogP contribution in [0.1, 0.15) is 30.4 Å². The fraction of sp³-hybridized carbons (Fsp3) is 0.381. The number of nitrogens with two attached hydrogens (primary N) is 1. The second-order valence-electron chi connectivity index (χ2n) is 6.72. The van der Waals surface area contributed by atoms with E-state index in [2.05, 4.69) is 75.9 Å². The highest BCUT2D eigenvalue weighted by Crippen LogP contribution is 2.18. The summed E-state index contributed by atoms with van der Waals surface area (Å²) < 4.78 is 0. The summed E-state index contributed by atoms with van der Waals surface area (Å²) in [4.78, 5) is 6.92. The largest absolute Gasteiger partial charge is 0.370 e. The molecule has 0 atom stereocenters. The molecular formula is C21H29IN4. The lowest BCUT2D eigenvalue weighted by Crippen LogP contribution is -2.33. The summed E-state index contributed by atoms with van der Waals surface area (Å²) >= 11 is 0. The Morgan fingerprint density at radius 3 is 2.00 bits per heavy atom. The van der Waals surface area contributed by atoms with Crippen LogP contribution in [0, 0.1) is 0 Å². The molecule has 0 heterocycles. The molecule has 0 amide bonds. The predicted octanol–water partition coefficient (Wildman–Crippen LogP) is 3.76. The maximum absolute atomic E-state index is 5.90. The van der Waals surface area contributed by atoms with E-state index in [1.807, 2.05) is 0 Å². The number of nitrogens with zero attached hydrogens (tertiary/aromatic N) is 2. The van der Waals surface area contributed by atoms with E-state index in [4.69, 9.17) is 5.73 Å². The third-order valence-corrected chi connectivity index (χ3v) is 4.34. The number of guanidine groups is 1. The van der Waals surface area contributed by atoms with Gasteiger partial charge in [0.25, 0.3) is 0 Å². The van der Waals surface area contributed by atoms with Crippen molar-refractivity contribution >= 4 is 29.9 Å². The zero-order valence-corrected chi connectivity index (χ0v) is 17.5. The van der Waals surface area contributed by atoms with E-state index in [1.165, 1.54) is 24.0 Å². The van der Waals surface area contributed by atoms with Gasteiger partial charge in [-0.3, -0.25) is 9.89 Å². The SMILES string of the molecule is I.NC(=NCCCN(Cc1ccccc1)Cc1ccccc1)NC1CC1. The van der Waals surface area contributed by atoms with Crippen LogP contribution in [-0.2, 0) is 13.1 Å². The van der Waals surface area contributed by atoms with Gasteiger partial charge in [0, 0.05) is 32.2 Å². The summed E-state index contributed by atoms with van der Waals surface area (Å²) in [5, 5.41) is 3.24. The fourth-order valence-corrected chi connectivity index (χ4v) is 2.87. The third-order valence-electron chi connectivity index (χ3n) is 4.34. The Morgan fingerprint density at radius 2 is 1.50 bits per heavy atom. The average molecular weight is 464 g/mol. The molecule has 3 rings (SSSR count). The van der Waals surface area contributed by atoms with Crippen molar-refractivity contribution in [1.29, 1.82) is 0 Å². The predicted molar refractivity (Wildman–Crippen MR) is 120 cm³/mol. The maximum atomic E-state index is 5.90. The lowest BCUT2D eigenvalue weighted by atomic mass is 10.1. The molecule has 1 saturated carbocycles. The maximum Gasteiger partial charge on any atom is 0.188 e. The van der Waals surface area contributed by atoms with E-state index >= 15 is 0 Å².